The summed E-state index contributed by atoms with van der Waals surface area (Å²) in [5.74, 6) is 0.998. The molecule has 1 aliphatic heterocycles. The lowest BCUT2D eigenvalue weighted by atomic mass is 9.89. The quantitative estimate of drug-likeness (QED) is 0.598. The van der Waals surface area contributed by atoms with Crippen molar-refractivity contribution >= 4 is 23.4 Å². The Bertz CT molecular complexity index is 946. The summed E-state index contributed by atoms with van der Waals surface area (Å²) >= 11 is 0. The monoisotopic (exact) mass is 393 g/mol. The molecular formula is C23H27N3O3. The van der Waals surface area contributed by atoms with Gasteiger partial charge in [-0.15, -0.1) is 0 Å². The number of nitrogens with one attached hydrogen (secondary N) is 1. The van der Waals surface area contributed by atoms with Gasteiger partial charge in [-0.3, -0.25) is 4.79 Å². The van der Waals surface area contributed by atoms with Crippen LogP contribution in [0.5, 0.6) is 11.5 Å². The lowest BCUT2D eigenvalue weighted by Crippen LogP contribution is -2.42. The Labute approximate surface area is 171 Å². The fourth-order valence-electron chi connectivity index (χ4n) is 3.29. The molecule has 0 aromatic heterocycles. The first kappa shape index (κ1) is 20.5. The molecule has 6 nitrogen and oxygen atoms in total. The number of likely N-dealkylation sites (N-methyl/N-ethyl adjacent to an activating group) is 1. The molecule has 1 N–H and O–H groups in total. The molecule has 0 aliphatic carbocycles. The van der Waals surface area contributed by atoms with Gasteiger partial charge in [0.1, 0.15) is 11.5 Å². The predicted octanol–water partition coefficient (Wildman–Crippen LogP) is 3.86. The minimum atomic E-state index is -0.326. The number of benzene rings is 2. The van der Waals surface area contributed by atoms with E-state index in [9.17, 15) is 4.79 Å². The number of rotatable bonds is 6. The van der Waals surface area contributed by atoms with Crippen LogP contribution in [-0.2, 0) is 4.79 Å². The zero-order chi connectivity index (χ0) is 21.0. The number of ether oxygens (including phenoxy) is 2. The van der Waals surface area contributed by atoms with Crippen LogP contribution in [0.15, 0.2) is 53.6 Å². The van der Waals surface area contributed by atoms with Gasteiger partial charge in [-0.2, -0.15) is 5.10 Å². The molecule has 2 aromatic carbocycles. The van der Waals surface area contributed by atoms with Crippen molar-refractivity contribution in [2.45, 2.75) is 26.3 Å². The molecule has 6 heteroatoms. The van der Waals surface area contributed by atoms with Gasteiger partial charge in [0.2, 0.25) is 0 Å². The highest BCUT2D eigenvalue weighted by Gasteiger charge is 2.28. The Morgan fingerprint density at radius 1 is 1.17 bits per heavy atom. The SMILES string of the molecule is COc1ccc(OCC(=O)N/N=C/c2ccc3c(c2)C(C)=CC(C)(C)N3C)cc1. The summed E-state index contributed by atoms with van der Waals surface area (Å²) in [4.78, 5) is 14.2. The molecule has 0 spiro atoms. The second-order valence-electron chi connectivity index (χ2n) is 7.57. The molecular weight excluding hydrogens is 366 g/mol. The van der Waals surface area contributed by atoms with E-state index in [1.165, 1.54) is 16.8 Å². The van der Waals surface area contributed by atoms with Crippen molar-refractivity contribution in [2.75, 3.05) is 25.7 Å². The van der Waals surface area contributed by atoms with Gasteiger partial charge in [-0.05, 0) is 68.3 Å². The fourth-order valence-corrected chi connectivity index (χ4v) is 3.29. The van der Waals surface area contributed by atoms with Gasteiger partial charge in [0.25, 0.3) is 5.91 Å². The number of hydrogen-bond acceptors (Lipinski definition) is 5. The molecule has 0 saturated heterocycles. The Morgan fingerprint density at radius 2 is 1.86 bits per heavy atom. The first-order valence-electron chi connectivity index (χ1n) is 9.46. The maximum absolute atomic E-state index is 11.9. The summed E-state index contributed by atoms with van der Waals surface area (Å²) in [6.45, 7) is 6.39. The zero-order valence-electron chi connectivity index (χ0n) is 17.5. The largest absolute Gasteiger partial charge is 0.497 e. The smallest absolute Gasteiger partial charge is 0.277 e. The summed E-state index contributed by atoms with van der Waals surface area (Å²) in [7, 11) is 3.69. The Morgan fingerprint density at radius 3 is 2.55 bits per heavy atom. The molecule has 0 unspecified atom stereocenters. The van der Waals surface area contributed by atoms with E-state index < -0.39 is 0 Å². The van der Waals surface area contributed by atoms with E-state index in [-0.39, 0.29) is 18.1 Å². The third-order valence-corrected chi connectivity index (χ3v) is 5.07. The van der Waals surface area contributed by atoms with Crippen molar-refractivity contribution in [3.8, 4) is 11.5 Å². The van der Waals surface area contributed by atoms with Crippen LogP contribution in [0.1, 0.15) is 31.9 Å². The average Bonchev–Trinajstić information content (AvgIpc) is 2.71. The molecule has 1 amide bonds. The third-order valence-electron chi connectivity index (χ3n) is 5.07. The Hall–Kier alpha value is -3.28. The number of hydrazone groups is 1. The number of fused-ring (bicyclic) bond motifs is 1. The molecule has 0 atom stereocenters. The van der Waals surface area contributed by atoms with Gasteiger partial charge in [0.15, 0.2) is 6.61 Å². The second kappa shape index (κ2) is 8.39. The molecule has 3 rings (SSSR count). The number of carbonyl (C=O) groups is 1. The lowest BCUT2D eigenvalue weighted by Gasteiger charge is -2.40. The van der Waals surface area contributed by atoms with Crippen LogP contribution < -0.4 is 19.8 Å². The van der Waals surface area contributed by atoms with Crippen molar-refractivity contribution < 1.29 is 14.3 Å². The van der Waals surface area contributed by atoms with Crippen molar-refractivity contribution in [1.29, 1.82) is 0 Å². The fraction of sp³-hybridized carbons (Fsp3) is 0.304. The van der Waals surface area contributed by atoms with E-state index in [0.29, 0.717) is 5.75 Å². The Balaban J connectivity index is 1.58. The lowest BCUT2D eigenvalue weighted by molar-refractivity contribution is -0.123. The number of carbonyl (C=O) groups excluding carboxylic acids is 1. The highest BCUT2D eigenvalue weighted by molar-refractivity contribution is 5.88. The molecule has 0 fully saturated rings. The van der Waals surface area contributed by atoms with Crippen molar-refractivity contribution in [2.24, 2.45) is 5.10 Å². The van der Waals surface area contributed by atoms with Gasteiger partial charge in [-0.1, -0.05) is 12.1 Å². The normalized spacial score (nSPS) is 14.9. The van der Waals surface area contributed by atoms with Crippen LogP contribution in [0.25, 0.3) is 5.57 Å². The van der Waals surface area contributed by atoms with E-state index in [0.717, 1.165) is 11.3 Å². The number of anilines is 1. The van der Waals surface area contributed by atoms with Gasteiger partial charge in [0.05, 0.1) is 18.9 Å². The second-order valence-corrected chi connectivity index (χ2v) is 7.57. The molecule has 152 valence electrons. The van der Waals surface area contributed by atoms with Crippen LogP contribution in [0.2, 0.25) is 0 Å². The zero-order valence-corrected chi connectivity index (χ0v) is 17.5. The van der Waals surface area contributed by atoms with Crippen molar-refractivity contribution in [1.82, 2.24) is 5.43 Å². The van der Waals surface area contributed by atoms with E-state index in [1.54, 1.807) is 37.6 Å². The number of amides is 1. The molecule has 1 heterocycles. The predicted molar refractivity (Wildman–Crippen MR) is 117 cm³/mol. The van der Waals surface area contributed by atoms with Crippen LogP contribution >= 0.6 is 0 Å². The first-order valence-corrected chi connectivity index (χ1v) is 9.46. The number of methoxy groups -OCH3 is 1. The highest BCUT2D eigenvalue weighted by Crippen LogP contribution is 2.37. The Kier molecular flexibility index (Phi) is 5.92. The van der Waals surface area contributed by atoms with Crippen LogP contribution in [-0.4, -0.2) is 38.4 Å². The minimum absolute atomic E-state index is 0.0233. The average molecular weight is 393 g/mol. The van der Waals surface area contributed by atoms with Crippen molar-refractivity contribution in [3.63, 3.8) is 0 Å². The number of hydrogen-bond donors (Lipinski definition) is 1. The van der Waals surface area contributed by atoms with Crippen LogP contribution in [0.3, 0.4) is 0 Å². The third kappa shape index (κ3) is 4.77. The van der Waals surface area contributed by atoms with Gasteiger partial charge >= 0.3 is 0 Å². The standard InChI is InChI=1S/C23H27N3O3/c1-16-13-23(2,3)26(4)21-11-6-17(12-20(16)21)14-24-25-22(27)15-29-19-9-7-18(28-5)8-10-19/h6-14H,15H2,1-5H3,(H,25,27)/b24-14+. The van der Waals surface area contributed by atoms with E-state index in [1.807, 2.05) is 6.07 Å². The number of nitrogens with zero attached hydrogens (tertiary/aromatic N) is 2. The minimum Gasteiger partial charge on any atom is -0.497 e. The van der Waals surface area contributed by atoms with E-state index in [4.69, 9.17) is 9.47 Å². The summed E-state index contributed by atoms with van der Waals surface area (Å²) < 4.78 is 10.5. The van der Waals surface area contributed by atoms with Gasteiger partial charge < -0.3 is 14.4 Å². The van der Waals surface area contributed by atoms with Crippen molar-refractivity contribution in [3.05, 3.63) is 59.7 Å². The summed E-state index contributed by atoms with van der Waals surface area (Å²) in [6, 6.07) is 13.2. The van der Waals surface area contributed by atoms with E-state index >= 15 is 0 Å². The van der Waals surface area contributed by atoms with E-state index in [2.05, 4.69) is 61.5 Å². The van der Waals surface area contributed by atoms with Gasteiger partial charge in [-0.25, -0.2) is 5.43 Å². The van der Waals surface area contributed by atoms with Crippen LogP contribution in [0, 0.1) is 0 Å². The first-order chi connectivity index (χ1) is 13.8. The molecule has 0 radical (unpaired) electrons. The summed E-state index contributed by atoms with van der Waals surface area (Å²) in [5, 5.41) is 4.05. The molecule has 1 aliphatic rings. The topological polar surface area (TPSA) is 63.2 Å². The molecule has 0 saturated carbocycles. The number of allylic oxidation sites excluding steroid dienone is 1. The summed E-state index contributed by atoms with van der Waals surface area (Å²) in [5.41, 5.74) is 6.97. The highest BCUT2D eigenvalue weighted by atomic mass is 16.5. The molecule has 0 bridgehead atoms. The maximum atomic E-state index is 11.9. The molecule has 2 aromatic rings. The molecule has 29 heavy (non-hydrogen) atoms. The maximum Gasteiger partial charge on any atom is 0.277 e. The van der Waals surface area contributed by atoms with Gasteiger partial charge in [0, 0.05) is 18.3 Å². The summed E-state index contributed by atoms with van der Waals surface area (Å²) in [6.07, 6.45) is 3.90. The van der Waals surface area contributed by atoms with Crippen LogP contribution in [0.4, 0.5) is 5.69 Å².